The lowest BCUT2D eigenvalue weighted by Gasteiger charge is -2.44. The summed E-state index contributed by atoms with van der Waals surface area (Å²) in [6, 6.07) is 1.39. The molecule has 1 N–H and O–H groups in total. The second-order valence-electron chi connectivity index (χ2n) is 5.09. The van der Waals surface area contributed by atoms with Crippen LogP contribution in [0.2, 0.25) is 0 Å². The zero-order chi connectivity index (χ0) is 12.0. The van der Waals surface area contributed by atoms with Crippen LogP contribution in [0.5, 0.6) is 0 Å². The largest absolute Gasteiger partial charge is 0.383 e. The third kappa shape index (κ3) is 4.04. The van der Waals surface area contributed by atoms with E-state index in [0.717, 1.165) is 31.7 Å². The standard InChI is InChI=1S/C13H28N2O/c1-5-15(8-9-16-4)13-7-6-12(13)10-14-11(2)3/h11-14H,5-10H2,1-4H3. The van der Waals surface area contributed by atoms with E-state index < -0.39 is 0 Å². The van der Waals surface area contributed by atoms with Crippen molar-refractivity contribution in [2.45, 2.75) is 45.7 Å². The molecule has 1 aliphatic carbocycles. The molecule has 0 saturated heterocycles. The minimum absolute atomic E-state index is 0.607. The SMILES string of the molecule is CCN(CCOC)C1CCC1CNC(C)C. The Morgan fingerprint density at radius 3 is 2.56 bits per heavy atom. The van der Waals surface area contributed by atoms with Crippen molar-refractivity contribution in [2.24, 2.45) is 5.92 Å². The van der Waals surface area contributed by atoms with E-state index in [-0.39, 0.29) is 0 Å². The zero-order valence-electron chi connectivity index (χ0n) is 11.3. The number of rotatable bonds is 8. The van der Waals surface area contributed by atoms with Gasteiger partial charge in [0.05, 0.1) is 6.61 Å². The molecule has 1 saturated carbocycles. The average molecular weight is 228 g/mol. The van der Waals surface area contributed by atoms with Gasteiger partial charge in [-0.2, -0.15) is 0 Å². The predicted octanol–water partition coefficient (Wildman–Crippen LogP) is 1.73. The molecular formula is C13H28N2O. The summed E-state index contributed by atoms with van der Waals surface area (Å²) in [6.45, 7) is 10.9. The van der Waals surface area contributed by atoms with Crippen LogP contribution >= 0.6 is 0 Å². The fourth-order valence-corrected chi connectivity index (χ4v) is 2.42. The molecule has 16 heavy (non-hydrogen) atoms. The van der Waals surface area contributed by atoms with Gasteiger partial charge >= 0.3 is 0 Å². The summed E-state index contributed by atoms with van der Waals surface area (Å²) in [5, 5.41) is 3.55. The van der Waals surface area contributed by atoms with Crippen molar-refractivity contribution in [1.29, 1.82) is 0 Å². The number of nitrogens with zero attached hydrogens (tertiary/aromatic N) is 1. The molecule has 1 fully saturated rings. The third-order valence-electron chi connectivity index (χ3n) is 3.62. The highest BCUT2D eigenvalue weighted by atomic mass is 16.5. The van der Waals surface area contributed by atoms with Crippen molar-refractivity contribution in [3.8, 4) is 0 Å². The Hall–Kier alpha value is -0.120. The van der Waals surface area contributed by atoms with Gasteiger partial charge in [-0.3, -0.25) is 4.90 Å². The molecule has 0 aromatic heterocycles. The van der Waals surface area contributed by atoms with Crippen LogP contribution in [-0.4, -0.2) is 50.3 Å². The molecule has 0 spiro atoms. The van der Waals surface area contributed by atoms with Gasteiger partial charge in [-0.25, -0.2) is 0 Å². The van der Waals surface area contributed by atoms with E-state index in [1.54, 1.807) is 7.11 Å². The monoisotopic (exact) mass is 228 g/mol. The van der Waals surface area contributed by atoms with E-state index >= 15 is 0 Å². The first kappa shape index (κ1) is 13.9. The summed E-state index contributed by atoms with van der Waals surface area (Å²) >= 11 is 0. The summed E-state index contributed by atoms with van der Waals surface area (Å²) in [7, 11) is 1.78. The van der Waals surface area contributed by atoms with Crippen molar-refractivity contribution < 1.29 is 4.74 Å². The maximum absolute atomic E-state index is 5.17. The second-order valence-corrected chi connectivity index (χ2v) is 5.09. The first-order valence-electron chi connectivity index (χ1n) is 6.65. The number of ether oxygens (including phenoxy) is 1. The molecule has 0 aromatic carbocycles. The summed E-state index contributed by atoms with van der Waals surface area (Å²) < 4.78 is 5.17. The Kier molecular flexibility index (Phi) is 6.32. The lowest BCUT2D eigenvalue weighted by Crippen LogP contribution is -2.51. The molecule has 0 radical (unpaired) electrons. The number of nitrogens with one attached hydrogen (secondary N) is 1. The molecule has 2 unspecified atom stereocenters. The van der Waals surface area contributed by atoms with Crippen molar-refractivity contribution in [2.75, 3.05) is 33.4 Å². The van der Waals surface area contributed by atoms with Crippen molar-refractivity contribution >= 4 is 0 Å². The quantitative estimate of drug-likeness (QED) is 0.685. The molecule has 3 nitrogen and oxygen atoms in total. The molecule has 2 atom stereocenters. The fraction of sp³-hybridized carbons (Fsp3) is 1.00. The van der Waals surface area contributed by atoms with Gasteiger partial charge in [0.1, 0.15) is 0 Å². The maximum Gasteiger partial charge on any atom is 0.0589 e. The van der Waals surface area contributed by atoms with Crippen LogP contribution in [0.15, 0.2) is 0 Å². The van der Waals surface area contributed by atoms with Crippen LogP contribution in [0.4, 0.5) is 0 Å². The van der Waals surface area contributed by atoms with Gasteiger partial charge in [0.2, 0.25) is 0 Å². The van der Waals surface area contributed by atoms with Gasteiger partial charge in [-0.15, -0.1) is 0 Å². The van der Waals surface area contributed by atoms with Gasteiger partial charge in [0, 0.05) is 25.7 Å². The average Bonchev–Trinajstić information content (AvgIpc) is 2.22. The Labute approximate surface area is 101 Å². The van der Waals surface area contributed by atoms with Gasteiger partial charge in [-0.05, 0) is 31.8 Å². The molecule has 0 amide bonds. The molecule has 0 bridgehead atoms. The van der Waals surface area contributed by atoms with Crippen molar-refractivity contribution in [1.82, 2.24) is 10.2 Å². The van der Waals surface area contributed by atoms with E-state index in [1.165, 1.54) is 19.4 Å². The summed E-state index contributed by atoms with van der Waals surface area (Å²) in [4.78, 5) is 2.57. The summed E-state index contributed by atoms with van der Waals surface area (Å²) in [6.07, 6.45) is 2.75. The van der Waals surface area contributed by atoms with Gasteiger partial charge in [0.15, 0.2) is 0 Å². The van der Waals surface area contributed by atoms with Gasteiger partial charge in [-0.1, -0.05) is 20.8 Å². The normalized spacial score (nSPS) is 25.1. The minimum atomic E-state index is 0.607. The third-order valence-corrected chi connectivity index (χ3v) is 3.62. The van der Waals surface area contributed by atoms with Crippen LogP contribution in [0.3, 0.4) is 0 Å². The highest BCUT2D eigenvalue weighted by Gasteiger charge is 2.34. The van der Waals surface area contributed by atoms with Gasteiger partial charge < -0.3 is 10.1 Å². The lowest BCUT2D eigenvalue weighted by molar-refractivity contribution is 0.0430. The number of methoxy groups -OCH3 is 1. The fourth-order valence-electron chi connectivity index (χ4n) is 2.42. The Balaban J connectivity index is 2.28. The van der Waals surface area contributed by atoms with Crippen LogP contribution in [-0.2, 0) is 4.74 Å². The first-order valence-corrected chi connectivity index (χ1v) is 6.65. The van der Waals surface area contributed by atoms with E-state index in [1.807, 2.05) is 0 Å². The Bertz CT molecular complexity index is 185. The predicted molar refractivity (Wildman–Crippen MR) is 68.8 cm³/mol. The van der Waals surface area contributed by atoms with Crippen LogP contribution in [0, 0.1) is 5.92 Å². The van der Waals surface area contributed by atoms with E-state index in [4.69, 9.17) is 4.74 Å². The highest BCUT2D eigenvalue weighted by molar-refractivity contribution is 4.90. The van der Waals surface area contributed by atoms with E-state index in [0.29, 0.717) is 6.04 Å². The Morgan fingerprint density at radius 1 is 1.38 bits per heavy atom. The van der Waals surface area contributed by atoms with Crippen LogP contribution in [0.25, 0.3) is 0 Å². The number of likely N-dealkylation sites (N-methyl/N-ethyl adjacent to an activating group) is 1. The summed E-state index contributed by atoms with van der Waals surface area (Å²) in [5.41, 5.74) is 0. The molecule has 1 rings (SSSR count). The lowest BCUT2D eigenvalue weighted by atomic mass is 9.78. The van der Waals surface area contributed by atoms with E-state index in [2.05, 4.69) is 31.0 Å². The maximum atomic E-state index is 5.17. The molecule has 0 aromatic rings. The molecular weight excluding hydrogens is 200 g/mol. The topological polar surface area (TPSA) is 24.5 Å². The second kappa shape index (κ2) is 7.25. The molecule has 96 valence electrons. The minimum Gasteiger partial charge on any atom is -0.383 e. The molecule has 3 heteroatoms. The van der Waals surface area contributed by atoms with Crippen molar-refractivity contribution in [3.05, 3.63) is 0 Å². The zero-order valence-corrected chi connectivity index (χ0v) is 11.3. The van der Waals surface area contributed by atoms with Crippen LogP contribution < -0.4 is 5.32 Å². The number of hydrogen-bond donors (Lipinski definition) is 1. The smallest absolute Gasteiger partial charge is 0.0589 e. The van der Waals surface area contributed by atoms with Crippen LogP contribution in [0.1, 0.15) is 33.6 Å². The highest BCUT2D eigenvalue weighted by Crippen LogP contribution is 2.31. The molecule has 1 aliphatic rings. The Morgan fingerprint density at radius 2 is 2.12 bits per heavy atom. The molecule has 0 heterocycles. The van der Waals surface area contributed by atoms with Crippen molar-refractivity contribution in [3.63, 3.8) is 0 Å². The number of hydrogen-bond acceptors (Lipinski definition) is 3. The first-order chi connectivity index (χ1) is 7.69. The molecule has 0 aliphatic heterocycles. The van der Waals surface area contributed by atoms with E-state index in [9.17, 15) is 0 Å². The summed E-state index contributed by atoms with van der Waals surface area (Å²) in [5.74, 6) is 0.846. The van der Waals surface area contributed by atoms with Gasteiger partial charge in [0.25, 0.3) is 0 Å².